The minimum Gasteiger partial charge on any atom is -0.494 e. The number of carbonyl (C=O) groups excluding carboxylic acids is 1. The second-order valence-corrected chi connectivity index (χ2v) is 11.6. The van der Waals surface area contributed by atoms with E-state index in [9.17, 15) is 13.2 Å². The molecule has 3 N–H and O–H groups in total. The molecule has 12 heteroatoms. The van der Waals surface area contributed by atoms with E-state index in [-0.39, 0.29) is 27.7 Å². The van der Waals surface area contributed by atoms with Gasteiger partial charge in [-0.15, -0.1) is 0 Å². The summed E-state index contributed by atoms with van der Waals surface area (Å²) >= 11 is 6.33. The minimum atomic E-state index is -3.54. The Labute approximate surface area is 221 Å². The van der Waals surface area contributed by atoms with Gasteiger partial charge in [0.25, 0.3) is 0 Å². The van der Waals surface area contributed by atoms with E-state index in [1.807, 2.05) is 0 Å². The highest BCUT2D eigenvalue weighted by atomic mass is 35.5. The van der Waals surface area contributed by atoms with Crippen molar-refractivity contribution in [1.29, 1.82) is 0 Å². The third-order valence-corrected chi connectivity index (χ3v) is 8.39. The molecule has 0 spiro atoms. The summed E-state index contributed by atoms with van der Waals surface area (Å²) in [6.45, 7) is 4.76. The molecule has 1 aromatic heterocycles. The van der Waals surface area contributed by atoms with Gasteiger partial charge in [-0.2, -0.15) is 4.98 Å². The molecular weight excluding hydrogens is 516 g/mol. The van der Waals surface area contributed by atoms with Crippen molar-refractivity contribution in [2.24, 2.45) is 0 Å². The van der Waals surface area contributed by atoms with E-state index in [0.717, 1.165) is 25.9 Å². The van der Waals surface area contributed by atoms with E-state index in [0.29, 0.717) is 22.8 Å². The van der Waals surface area contributed by atoms with Crippen LogP contribution in [0.3, 0.4) is 0 Å². The van der Waals surface area contributed by atoms with E-state index in [2.05, 4.69) is 25.9 Å². The number of amides is 2. The molecule has 1 saturated heterocycles. The number of nitrogens with one attached hydrogen (secondary N) is 3. The number of ether oxygens (including phenoxy) is 1. The van der Waals surface area contributed by atoms with E-state index in [4.69, 9.17) is 16.3 Å². The summed E-state index contributed by atoms with van der Waals surface area (Å²) in [5.74, 6) is 0.919. The SMILES string of the molecule is COc1cc(NC(=O)N2CCCC2)ccc1Nc1ncc(Cl)c(Nc2ccccc2S(=O)(=O)C(C)C)n1. The summed E-state index contributed by atoms with van der Waals surface area (Å²) in [6.07, 6.45) is 3.43. The summed E-state index contributed by atoms with van der Waals surface area (Å²) in [5, 5.41) is 8.63. The average Bonchev–Trinajstić information content (AvgIpc) is 3.42. The summed E-state index contributed by atoms with van der Waals surface area (Å²) in [7, 11) is -2.02. The molecule has 0 saturated carbocycles. The van der Waals surface area contributed by atoms with Gasteiger partial charge in [-0.25, -0.2) is 18.2 Å². The Morgan fingerprint density at radius 2 is 1.81 bits per heavy atom. The highest BCUT2D eigenvalue weighted by molar-refractivity contribution is 7.92. The molecule has 0 atom stereocenters. The largest absolute Gasteiger partial charge is 0.494 e. The van der Waals surface area contributed by atoms with Gasteiger partial charge < -0.3 is 25.6 Å². The highest BCUT2D eigenvalue weighted by Gasteiger charge is 2.23. The Balaban J connectivity index is 1.55. The number of rotatable bonds is 8. The lowest BCUT2D eigenvalue weighted by Crippen LogP contribution is -2.32. The van der Waals surface area contributed by atoms with Crippen LogP contribution in [-0.4, -0.2) is 54.8 Å². The van der Waals surface area contributed by atoms with Crippen LogP contribution in [0.25, 0.3) is 0 Å². The summed E-state index contributed by atoms with van der Waals surface area (Å²) in [4.78, 5) is 23.0. The van der Waals surface area contributed by atoms with E-state index >= 15 is 0 Å². The first-order chi connectivity index (χ1) is 17.7. The maximum absolute atomic E-state index is 12.8. The number of benzene rings is 2. The Morgan fingerprint density at radius 3 is 2.51 bits per heavy atom. The number of methoxy groups -OCH3 is 1. The standard InChI is InChI=1S/C25H29ClN6O4S/c1-16(2)37(34,35)22-9-5-4-8-20(22)29-23-18(26)15-27-24(31-23)30-19-11-10-17(14-21(19)36-3)28-25(33)32-12-6-7-13-32/h4-5,8-11,14-16H,6-7,12-13H2,1-3H3,(H,28,33)(H2,27,29,30,31). The molecular formula is C25H29ClN6O4S. The van der Waals surface area contributed by atoms with Gasteiger partial charge in [-0.1, -0.05) is 23.7 Å². The topological polar surface area (TPSA) is 126 Å². The first-order valence-electron chi connectivity index (χ1n) is 11.8. The van der Waals surface area contributed by atoms with Crippen LogP contribution < -0.4 is 20.7 Å². The Bertz CT molecular complexity index is 1390. The Kier molecular flexibility index (Phi) is 8.03. The fourth-order valence-corrected chi connectivity index (χ4v) is 5.17. The summed E-state index contributed by atoms with van der Waals surface area (Å²) in [5.41, 5.74) is 1.53. The Hall–Kier alpha value is -3.57. The molecule has 1 fully saturated rings. The number of anilines is 5. The number of nitrogens with zero attached hydrogens (tertiary/aromatic N) is 3. The molecule has 196 valence electrons. The molecule has 37 heavy (non-hydrogen) atoms. The number of halogens is 1. The predicted octanol–water partition coefficient (Wildman–Crippen LogP) is 5.44. The first-order valence-corrected chi connectivity index (χ1v) is 13.7. The van der Waals surface area contributed by atoms with Crippen molar-refractivity contribution in [2.45, 2.75) is 36.8 Å². The molecule has 2 amide bonds. The molecule has 0 radical (unpaired) electrons. The van der Waals surface area contributed by atoms with Crippen LogP contribution in [-0.2, 0) is 9.84 Å². The number of aromatic nitrogens is 2. The van der Waals surface area contributed by atoms with Gasteiger partial charge in [0.05, 0.1) is 34.8 Å². The van der Waals surface area contributed by atoms with Crippen molar-refractivity contribution in [1.82, 2.24) is 14.9 Å². The zero-order chi connectivity index (χ0) is 26.6. The second-order valence-electron chi connectivity index (χ2n) is 8.77. The van der Waals surface area contributed by atoms with E-state index in [1.54, 1.807) is 61.2 Å². The van der Waals surface area contributed by atoms with Crippen molar-refractivity contribution in [3.8, 4) is 5.75 Å². The predicted molar refractivity (Wildman–Crippen MR) is 145 cm³/mol. The van der Waals surface area contributed by atoms with Crippen LogP contribution in [0.5, 0.6) is 5.75 Å². The van der Waals surface area contributed by atoms with Gasteiger partial charge in [0.1, 0.15) is 10.8 Å². The maximum atomic E-state index is 12.8. The molecule has 0 aliphatic carbocycles. The van der Waals surface area contributed by atoms with Gasteiger partial charge in [0.15, 0.2) is 15.7 Å². The number of likely N-dealkylation sites (tertiary alicyclic amines) is 1. The number of carbonyl (C=O) groups is 1. The van der Waals surface area contributed by atoms with Gasteiger partial charge in [-0.3, -0.25) is 0 Å². The van der Waals surface area contributed by atoms with Crippen LogP contribution in [0.1, 0.15) is 26.7 Å². The molecule has 10 nitrogen and oxygen atoms in total. The van der Waals surface area contributed by atoms with Crippen LogP contribution in [0, 0.1) is 0 Å². The van der Waals surface area contributed by atoms with Crippen molar-refractivity contribution in [2.75, 3.05) is 36.1 Å². The molecule has 3 aromatic rings. The normalized spacial score (nSPS) is 13.5. The fourth-order valence-electron chi connectivity index (χ4n) is 3.83. The summed E-state index contributed by atoms with van der Waals surface area (Å²) in [6, 6.07) is 11.6. The Morgan fingerprint density at radius 1 is 1.08 bits per heavy atom. The number of para-hydroxylation sites is 1. The van der Waals surface area contributed by atoms with E-state index < -0.39 is 15.1 Å². The lowest BCUT2D eigenvalue weighted by atomic mass is 10.2. The molecule has 1 aliphatic heterocycles. The number of hydrogen-bond donors (Lipinski definition) is 3. The molecule has 2 aromatic carbocycles. The number of hydrogen-bond acceptors (Lipinski definition) is 8. The summed E-state index contributed by atoms with van der Waals surface area (Å²) < 4.78 is 31.1. The van der Waals surface area contributed by atoms with Gasteiger partial charge >= 0.3 is 6.03 Å². The van der Waals surface area contributed by atoms with Crippen molar-refractivity contribution >= 4 is 56.3 Å². The van der Waals surface area contributed by atoms with Crippen molar-refractivity contribution in [3.05, 3.63) is 53.7 Å². The fraction of sp³-hybridized carbons (Fsp3) is 0.320. The van der Waals surface area contributed by atoms with Gasteiger partial charge in [-0.05, 0) is 51.0 Å². The van der Waals surface area contributed by atoms with Crippen molar-refractivity contribution < 1.29 is 17.9 Å². The second kappa shape index (κ2) is 11.2. The lowest BCUT2D eigenvalue weighted by molar-refractivity contribution is 0.222. The molecule has 1 aliphatic rings. The molecule has 4 rings (SSSR count). The molecule has 2 heterocycles. The van der Waals surface area contributed by atoms with Crippen LogP contribution in [0.2, 0.25) is 5.02 Å². The van der Waals surface area contributed by atoms with Crippen LogP contribution >= 0.6 is 11.6 Å². The van der Waals surface area contributed by atoms with Gasteiger partial charge in [0.2, 0.25) is 5.95 Å². The van der Waals surface area contributed by atoms with Crippen LogP contribution in [0.15, 0.2) is 53.6 Å². The average molecular weight is 545 g/mol. The zero-order valence-electron chi connectivity index (χ0n) is 20.8. The van der Waals surface area contributed by atoms with Gasteiger partial charge in [0, 0.05) is 24.8 Å². The van der Waals surface area contributed by atoms with E-state index in [1.165, 1.54) is 13.3 Å². The highest BCUT2D eigenvalue weighted by Crippen LogP contribution is 2.33. The monoisotopic (exact) mass is 544 g/mol. The van der Waals surface area contributed by atoms with Crippen molar-refractivity contribution in [3.63, 3.8) is 0 Å². The number of urea groups is 1. The smallest absolute Gasteiger partial charge is 0.321 e. The van der Waals surface area contributed by atoms with Crippen LogP contribution in [0.4, 0.5) is 33.6 Å². The quantitative estimate of drug-likeness (QED) is 0.342. The molecule has 0 unspecified atom stereocenters. The third-order valence-electron chi connectivity index (χ3n) is 5.90. The molecule has 0 bridgehead atoms. The third kappa shape index (κ3) is 6.05. The zero-order valence-corrected chi connectivity index (χ0v) is 22.4. The maximum Gasteiger partial charge on any atom is 0.321 e. The number of sulfone groups is 1. The minimum absolute atomic E-state index is 0.142. The lowest BCUT2D eigenvalue weighted by Gasteiger charge is -2.18. The first kappa shape index (κ1) is 26.5.